The molecule has 0 aromatic heterocycles. The Bertz CT molecular complexity index is 705. The fourth-order valence-corrected chi connectivity index (χ4v) is 2.59. The van der Waals surface area contributed by atoms with Crippen LogP contribution in [0.5, 0.6) is 0 Å². The maximum atomic E-state index is 12.1. The SMILES string of the molecule is CCc1cccc(CC)c1NC(=O)CO/N=C(/N)Cc1ccccc1. The van der Waals surface area contributed by atoms with E-state index in [0.717, 1.165) is 35.2 Å². The van der Waals surface area contributed by atoms with Crippen molar-refractivity contribution in [3.63, 3.8) is 0 Å². The molecule has 0 aliphatic rings. The second-order valence-electron chi connectivity index (χ2n) is 5.72. The fourth-order valence-electron chi connectivity index (χ4n) is 2.59. The highest BCUT2D eigenvalue weighted by Crippen LogP contribution is 2.22. The molecule has 132 valence electrons. The molecule has 0 spiro atoms. The summed E-state index contributed by atoms with van der Waals surface area (Å²) in [5, 5.41) is 6.75. The zero-order chi connectivity index (χ0) is 18.1. The first-order valence-electron chi connectivity index (χ1n) is 8.52. The molecule has 0 atom stereocenters. The lowest BCUT2D eigenvalue weighted by atomic mass is 10.0. The van der Waals surface area contributed by atoms with E-state index in [9.17, 15) is 4.79 Å². The second kappa shape index (κ2) is 9.47. The smallest absolute Gasteiger partial charge is 0.265 e. The number of amides is 1. The number of nitrogens with one attached hydrogen (secondary N) is 1. The molecule has 5 nitrogen and oxygen atoms in total. The van der Waals surface area contributed by atoms with E-state index >= 15 is 0 Å². The van der Waals surface area contributed by atoms with Crippen LogP contribution in [0.2, 0.25) is 0 Å². The van der Waals surface area contributed by atoms with Crippen molar-refractivity contribution in [1.29, 1.82) is 0 Å². The van der Waals surface area contributed by atoms with E-state index < -0.39 is 0 Å². The topological polar surface area (TPSA) is 76.7 Å². The molecule has 0 saturated carbocycles. The molecule has 5 heteroatoms. The number of carbonyl (C=O) groups excluding carboxylic acids is 1. The molecule has 0 unspecified atom stereocenters. The van der Waals surface area contributed by atoms with Crippen LogP contribution in [0.15, 0.2) is 53.7 Å². The lowest BCUT2D eigenvalue weighted by Gasteiger charge is -2.14. The summed E-state index contributed by atoms with van der Waals surface area (Å²) < 4.78 is 0. The number of oxime groups is 1. The third-order valence-electron chi connectivity index (χ3n) is 3.87. The van der Waals surface area contributed by atoms with E-state index in [1.54, 1.807) is 0 Å². The summed E-state index contributed by atoms with van der Waals surface area (Å²) in [5.74, 6) is 0.0917. The molecule has 25 heavy (non-hydrogen) atoms. The predicted molar refractivity (Wildman–Crippen MR) is 102 cm³/mol. The Morgan fingerprint density at radius 1 is 1.04 bits per heavy atom. The van der Waals surface area contributed by atoms with Crippen molar-refractivity contribution in [3.05, 3.63) is 65.2 Å². The van der Waals surface area contributed by atoms with Gasteiger partial charge in [-0.3, -0.25) is 4.79 Å². The number of rotatable bonds is 8. The molecule has 2 aromatic carbocycles. The van der Waals surface area contributed by atoms with Crippen LogP contribution in [-0.2, 0) is 28.9 Å². The summed E-state index contributed by atoms with van der Waals surface area (Å²) in [6.07, 6.45) is 2.19. The van der Waals surface area contributed by atoms with Gasteiger partial charge in [-0.2, -0.15) is 0 Å². The van der Waals surface area contributed by atoms with Crippen molar-refractivity contribution in [2.45, 2.75) is 33.1 Å². The lowest BCUT2D eigenvalue weighted by molar-refractivity contribution is -0.120. The van der Waals surface area contributed by atoms with E-state index in [1.165, 1.54) is 0 Å². The minimum Gasteiger partial charge on any atom is -0.384 e. The number of amidine groups is 1. The number of nitrogens with two attached hydrogens (primary N) is 1. The normalized spacial score (nSPS) is 11.2. The van der Waals surface area contributed by atoms with Gasteiger partial charge in [0.1, 0.15) is 5.84 Å². The van der Waals surface area contributed by atoms with Gasteiger partial charge in [-0.05, 0) is 29.5 Å². The van der Waals surface area contributed by atoms with E-state index in [2.05, 4.69) is 24.3 Å². The average Bonchev–Trinajstić information content (AvgIpc) is 2.62. The minimum atomic E-state index is -0.244. The third kappa shape index (κ3) is 5.64. The van der Waals surface area contributed by atoms with Crippen LogP contribution in [-0.4, -0.2) is 18.3 Å². The molecule has 2 rings (SSSR count). The molecule has 0 heterocycles. The van der Waals surface area contributed by atoms with Crippen LogP contribution >= 0.6 is 0 Å². The Hall–Kier alpha value is -2.82. The van der Waals surface area contributed by atoms with Crippen LogP contribution in [0.25, 0.3) is 0 Å². The molecule has 0 bridgehead atoms. The molecule has 2 aromatic rings. The van der Waals surface area contributed by atoms with Crippen LogP contribution in [0.4, 0.5) is 5.69 Å². The second-order valence-corrected chi connectivity index (χ2v) is 5.72. The third-order valence-corrected chi connectivity index (χ3v) is 3.87. The Balaban J connectivity index is 1.90. The summed E-state index contributed by atoms with van der Waals surface area (Å²) >= 11 is 0. The van der Waals surface area contributed by atoms with Gasteiger partial charge in [-0.1, -0.05) is 67.5 Å². The highest BCUT2D eigenvalue weighted by molar-refractivity contribution is 5.93. The van der Waals surface area contributed by atoms with Crippen LogP contribution in [0.3, 0.4) is 0 Å². The van der Waals surface area contributed by atoms with Gasteiger partial charge in [-0.25, -0.2) is 0 Å². The molecule has 1 amide bonds. The summed E-state index contributed by atoms with van der Waals surface area (Å²) in [4.78, 5) is 17.2. The molecule has 0 saturated heterocycles. The zero-order valence-corrected chi connectivity index (χ0v) is 14.8. The van der Waals surface area contributed by atoms with Crippen LogP contribution in [0.1, 0.15) is 30.5 Å². The van der Waals surface area contributed by atoms with Gasteiger partial charge in [0.25, 0.3) is 5.91 Å². The molecule has 3 N–H and O–H groups in total. The minimum absolute atomic E-state index is 0.170. The lowest BCUT2D eigenvalue weighted by Crippen LogP contribution is -2.21. The summed E-state index contributed by atoms with van der Waals surface area (Å²) in [5.41, 5.74) is 9.97. The fraction of sp³-hybridized carbons (Fsp3) is 0.300. The van der Waals surface area contributed by atoms with E-state index in [0.29, 0.717) is 12.3 Å². The van der Waals surface area contributed by atoms with Gasteiger partial charge >= 0.3 is 0 Å². The van der Waals surface area contributed by atoms with Crippen molar-refractivity contribution in [3.8, 4) is 0 Å². The first-order valence-corrected chi connectivity index (χ1v) is 8.52. The van der Waals surface area contributed by atoms with Crippen molar-refractivity contribution >= 4 is 17.4 Å². The molecule has 0 fully saturated rings. The van der Waals surface area contributed by atoms with Gasteiger partial charge in [0.15, 0.2) is 6.61 Å². The Morgan fingerprint density at radius 2 is 1.68 bits per heavy atom. The van der Waals surface area contributed by atoms with Gasteiger partial charge in [-0.15, -0.1) is 0 Å². The maximum Gasteiger partial charge on any atom is 0.265 e. The average molecular weight is 339 g/mol. The Morgan fingerprint density at radius 3 is 2.28 bits per heavy atom. The number of aryl methyl sites for hydroxylation is 2. The molecule has 0 aliphatic carbocycles. The first kappa shape index (κ1) is 18.5. The number of carbonyl (C=O) groups is 1. The highest BCUT2D eigenvalue weighted by Gasteiger charge is 2.10. The number of benzene rings is 2. The molecular formula is C20H25N3O2. The molecule has 0 radical (unpaired) electrons. The Labute approximate surface area is 148 Å². The van der Waals surface area contributed by atoms with Crippen molar-refractivity contribution < 1.29 is 9.63 Å². The summed E-state index contributed by atoms with van der Waals surface area (Å²) in [6.45, 7) is 3.96. The predicted octanol–water partition coefficient (Wildman–Crippen LogP) is 3.28. The zero-order valence-electron chi connectivity index (χ0n) is 14.8. The number of hydrogen-bond acceptors (Lipinski definition) is 3. The molecular weight excluding hydrogens is 314 g/mol. The van der Waals surface area contributed by atoms with Crippen molar-refractivity contribution in [2.75, 3.05) is 11.9 Å². The van der Waals surface area contributed by atoms with E-state index in [4.69, 9.17) is 10.6 Å². The number of hydrogen-bond donors (Lipinski definition) is 2. The monoisotopic (exact) mass is 339 g/mol. The molecule has 0 aliphatic heterocycles. The number of nitrogens with zero attached hydrogens (tertiary/aromatic N) is 1. The quantitative estimate of drug-likeness (QED) is 0.440. The highest BCUT2D eigenvalue weighted by atomic mass is 16.6. The maximum absolute atomic E-state index is 12.1. The first-order chi connectivity index (χ1) is 12.1. The van der Waals surface area contributed by atoms with Crippen molar-refractivity contribution in [1.82, 2.24) is 0 Å². The van der Waals surface area contributed by atoms with Gasteiger partial charge < -0.3 is 15.9 Å². The van der Waals surface area contributed by atoms with Gasteiger partial charge in [0.2, 0.25) is 0 Å². The number of anilines is 1. The summed E-state index contributed by atoms with van der Waals surface area (Å²) in [7, 11) is 0. The Kier molecular flexibility index (Phi) is 7.01. The van der Waals surface area contributed by atoms with Gasteiger partial charge in [0.05, 0.1) is 0 Å². The van der Waals surface area contributed by atoms with E-state index in [1.807, 2.05) is 48.5 Å². The standard InChI is InChI=1S/C20H25N3O2/c1-3-16-11-8-12-17(4-2)20(16)22-19(24)14-25-23-18(21)13-15-9-6-5-7-10-15/h5-12H,3-4,13-14H2,1-2H3,(H2,21,23)(H,22,24). The van der Waals surface area contributed by atoms with Crippen LogP contribution in [0, 0.1) is 0 Å². The van der Waals surface area contributed by atoms with Crippen LogP contribution < -0.4 is 11.1 Å². The number of para-hydroxylation sites is 1. The van der Waals surface area contributed by atoms with Crippen molar-refractivity contribution in [2.24, 2.45) is 10.9 Å². The largest absolute Gasteiger partial charge is 0.384 e. The van der Waals surface area contributed by atoms with E-state index in [-0.39, 0.29) is 12.5 Å². The summed E-state index contributed by atoms with van der Waals surface area (Å²) in [6, 6.07) is 15.8. The van der Waals surface area contributed by atoms with Gasteiger partial charge in [0, 0.05) is 12.1 Å².